The highest BCUT2D eigenvalue weighted by molar-refractivity contribution is 5.99. The highest BCUT2D eigenvalue weighted by Gasteiger charge is 2.04. The lowest BCUT2D eigenvalue weighted by atomic mass is 9.99. The Morgan fingerprint density at radius 1 is 0.950 bits per heavy atom. The molecule has 2 aromatic rings. The third-order valence-electron chi connectivity index (χ3n) is 3.38. The second kappa shape index (κ2) is 6.75. The van der Waals surface area contributed by atoms with Crippen LogP contribution in [0.5, 0.6) is 0 Å². The number of hydrogen-bond acceptors (Lipinski definition) is 1. The second-order valence-corrected chi connectivity index (χ2v) is 4.88. The molecule has 0 heterocycles. The summed E-state index contributed by atoms with van der Waals surface area (Å²) in [6.45, 7) is 4.37. The Bertz CT molecular complexity index is 549. The summed E-state index contributed by atoms with van der Waals surface area (Å²) in [4.78, 5) is 11.8. The van der Waals surface area contributed by atoms with Gasteiger partial charge in [0.1, 0.15) is 0 Å². The molecule has 0 fully saturated rings. The summed E-state index contributed by atoms with van der Waals surface area (Å²) < 4.78 is 0. The maximum absolute atomic E-state index is 11.8. The number of anilines is 2. The van der Waals surface area contributed by atoms with E-state index in [2.05, 4.69) is 36.6 Å². The summed E-state index contributed by atoms with van der Waals surface area (Å²) in [5, 5.41) is 5.61. The van der Waals surface area contributed by atoms with E-state index < -0.39 is 0 Å². The van der Waals surface area contributed by atoms with Crippen LogP contribution in [0.1, 0.15) is 31.7 Å². The first-order chi connectivity index (χ1) is 9.69. The quantitative estimate of drug-likeness (QED) is 0.818. The van der Waals surface area contributed by atoms with Gasteiger partial charge in [0, 0.05) is 11.4 Å². The Morgan fingerprint density at radius 3 is 2.05 bits per heavy atom. The van der Waals surface area contributed by atoms with E-state index in [9.17, 15) is 4.79 Å². The molecular weight excluding hydrogens is 248 g/mol. The van der Waals surface area contributed by atoms with E-state index in [0.717, 1.165) is 17.8 Å². The minimum atomic E-state index is -0.229. The van der Waals surface area contributed by atoms with Crippen molar-refractivity contribution in [2.24, 2.45) is 0 Å². The Kier molecular flexibility index (Phi) is 4.77. The molecule has 20 heavy (non-hydrogen) atoms. The standard InChI is InChI=1S/C17H20N2O/c1-3-13(2)14-9-11-16(12-10-14)19-17(20)18-15-7-5-4-6-8-15/h4-13H,3H2,1-2H3,(H2,18,19,20). The van der Waals surface area contributed by atoms with Gasteiger partial charge in [-0.2, -0.15) is 0 Å². The molecule has 1 atom stereocenters. The molecule has 3 heteroatoms. The van der Waals surface area contributed by atoms with Crippen LogP contribution in [0.4, 0.5) is 16.2 Å². The summed E-state index contributed by atoms with van der Waals surface area (Å²) in [6.07, 6.45) is 1.11. The number of amides is 2. The first-order valence-corrected chi connectivity index (χ1v) is 6.92. The van der Waals surface area contributed by atoms with Crippen LogP contribution in [-0.4, -0.2) is 6.03 Å². The number of rotatable bonds is 4. The van der Waals surface area contributed by atoms with Crippen molar-refractivity contribution in [1.82, 2.24) is 0 Å². The van der Waals surface area contributed by atoms with Gasteiger partial charge in [0.25, 0.3) is 0 Å². The normalized spacial score (nSPS) is 11.7. The zero-order chi connectivity index (χ0) is 14.4. The van der Waals surface area contributed by atoms with Gasteiger partial charge >= 0.3 is 6.03 Å². The molecule has 0 aromatic heterocycles. The molecule has 2 N–H and O–H groups in total. The number of benzene rings is 2. The summed E-state index contributed by atoms with van der Waals surface area (Å²) in [6, 6.07) is 17.2. The van der Waals surface area contributed by atoms with Crippen molar-refractivity contribution < 1.29 is 4.79 Å². The minimum absolute atomic E-state index is 0.229. The molecule has 0 spiro atoms. The van der Waals surface area contributed by atoms with Crippen molar-refractivity contribution in [3.05, 3.63) is 60.2 Å². The lowest BCUT2D eigenvalue weighted by Crippen LogP contribution is -2.19. The van der Waals surface area contributed by atoms with Crippen molar-refractivity contribution >= 4 is 17.4 Å². The second-order valence-electron chi connectivity index (χ2n) is 4.88. The van der Waals surface area contributed by atoms with Crippen LogP contribution < -0.4 is 10.6 Å². The number of urea groups is 1. The lowest BCUT2D eigenvalue weighted by Gasteiger charge is -2.11. The molecule has 2 aromatic carbocycles. The molecule has 0 saturated heterocycles. The molecule has 2 rings (SSSR count). The van der Waals surface area contributed by atoms with Gasteiger partial charge in [-0.05, 0) is 42.2 Å². The molecule has 0 saturated carbocycles. The monoisotopic (exact) mass is 268 g/mol. The first kappa shape index (κ1) is 14.1. The van der Waals surface area contributed by atoms with E-state index in [1.54, 1.807) is 0 Å². The third kappa shape index (κ3) is 3.85. The Balaban J connectivity index is 1.94. The fourth-order valence-corrected chi connectivity index (χ4v) is 1.95. The summed E-state index contributed by atoms with van der Waals surface area (Å²) in [5.74, 6) is 0.544. The molecule has 1 unspecified atom stereocenters. The van der Waals surface area contributed by atoms with Gasteiger partial charge in [-0.25, -0.2) is 4.79 Å². The van der Waals surface area contributed by atoms with Crippen molar-refractivity contribution in [3.63, 3.8) is 0 Å². The molecule has 0 aliphatic rings. The summed E-state index contributed by atoms with van der Waals surface area (Å²) in [5.41, 5.74) is 2.87. The van der Waals surface area contributed by atoms with Crippen LogP contribution in [0.2, 0.25) is 0 Å². The van der Waals surface area contributed by atoms with Crippen LogP contribution >= 0.6 is 0 Å². The van der Waals surface area contributed by atoms with Crippen LogP contribution in [0.15, 0.2) is 54.6 Å². The van der Waals surface area contributed by atoms with E-state index in [-0.39, 0.29) is 6.03 Å². The van der Waals surface area contributed by atoms with Gasteiger partial charge in [-0.1, -0.05) is 44.2 Å². The average molecular weight is 268 g/mol. The predicted molar refractivity (Wildman–Crippen MR) is 84.2 cm³/mol. The van der Waals surface area contributed by atoms with Gasteiger partial charge in [-0.3, -0.25) is 0 Å². The molecule has 0 aliphatic heterocycles. The van der Waals surface area contributed by atoms with Crippen LogP contribution in [0.25, 0.3) is 0 Å². The molecule has 104 valence electrons. The molecule has 0 radical (unpaired) electrons. The topological polar surface area (TPSA) is 41.1 Å². The van der Waals surface area contributed by atoms with Crippen LogP contribution in [-0.2, 0) is 0 Å². The van der Waals surface area contributed by atoms with Crippen molar-refractivity contribution in [2.75, 3.05) is 10.6 Å². The first-order valence-electron chi connectivity index (χ1n) is 6.92. The van der Waals surface area contributed by atoms with Crippen molar-refractivity contribution in [1.29, 1.82) is 0 Å². The number of nitrogens with one attached hydrogen (secondary N) is 2. The maximum Gasteiger partial charge on any atom is 0.323 e. The zero-order valence-corrected chi connectivity index (χ0v) is 11.9. The predicted octanol–water partition coefficient (Wildman–Crippen LogP) is 4.84. The van der Waals surface area contributed by atoms with Gasteiger partial charge in [0.15, 0.2) is 0 Å². The van der Waals surface area contributed by atoms with Crippen molar-refractivity contribution in [3.8, 4) is 0 Å². The SMILES string of the molecule is CCC(C)c1ccc(NC(=O)Nc2ccccc2)cc1. The van der Waals surface area contributed by atoms with Gasteiger partial charge in [-0.15, -0.1) is 0 Å². The van der Waals surface area contributed by atoms with E-state index >= 15 is 0 Å². The van der Waals surface area contributed by atoms with Crippen LogP contribution in [0, 0.1) is 0 Å². The molecular formula is C17H20N2O. The Morgan fingerprint density at radius 2 is 1.50 bits per heavy atom. The van der Waals surface area contributed by atoms with E-state index in [1.165, 1.54) is 5.56 Å². The largest absolute Gasteiger partial charge is 0.323 e. The van der Waals surface area contributed by atoms with E-state index in [4.69, 9.17) is 0 Å². The maximum atomic E-state index is 11.8. The van der Waals surface area contributed by atoms with Crippen molar-refractivity contribution in [2.45, 2.75) is 26.2 Å². The minimum Gasteiger partial charge on any atom is -0.308 e. The third-order valence-corrected chi connectivity index (χ3v) is 3.38. The van der Waals surface area contributed by atoms with E-state index in [1.807, 2.05) is 42.5 Å². The Labute approximate surface area is 120 Å². The highest BCUT2D eigenvalue weighted by Crippen LogP contribution is 2.20. The molecule has 0 bridgehead atoms. The van der Waals surface area contributed by atoms with Crippen LogP contribution in [0.3, 0.4) is 0 Å². The smallest absolute Gasteiger partial charge is 0.308 e. The van der Waals surface area contributed by atoms with Gasteiger partial charge in [0.2, 0.25) is 0 Å². The van der Waals surface area contributed by atoms with Gasteiger partial charge in [0.05, 0.1) is 0 Å². The Hall–Kier alpha value is -2.29. The number of para-hydroxylation sites is 1. The fraction of sp³-hybridized carbons (Fsp3) is 0.235. The average Bonchev–Trinajstić information content (AvgIpc) is 2.48. The molecule has 0 aliphatic carbocycles. The number of carbonyl (C=O) groups is 1. The van der Waals surface area contributed by atoms with E-state index in [0.29, 0.717) is 5.92 Å². The zero-order valence-electron chi connectivity index (χ0n) is 11.9. The molecule has 2 amide bonds. The number of hydrogen-bond donors (Lipinski definition) is 2. The highest BCUT2D eigenvalue weighted by atomic mass is 16.2. The summed E-state index contributed by atoms with van der Waals surface area (Å²) >= 11 is 0. The fourth-order valence-electron chi connectivity index (χ4n) is 1.95. The number of carbonyl (C=O) groups excluding carboxylic acids is 1. The summed E-state index contributed by atoms with van der Waals surface area (Å²) in [7, 11) is 0. The molecule has 3 nitrogen and oxygen atoms in total. The lowest BCUT2D eigenvalue weighted by molar-refractivity contribution is 0.262. The van der Waals surface area contributed by atoms with Gasteiger partial charge < -0.3 is 10.6 Å².